The first-order chi connectivity index (χ1) is 39.0. The predicted octanol–water partition coefficient (Wildman–Crippen LogP) is 20.3. The zero-order chi connectivity index (χ0) is 58.4. The molecule has 454 valence electrons. The lowest BCUT2D eigenvalue weighted by molar-refractivity contribution is -0.870. The van der Waals surface area contributed by atoms with E-state index in [4.69, 9.17) is 18.5 Å². The minimum Gasteiger partial charge on any atom is -0.462 e. The Kier molecular flexibility index (Phi) is 56.5. The standard InChI is InChI=1S/C70H116NO8P/c1-6-8-10-12-14-16-18-20-22-24-26-28-30-32-34-35-37-39-41-43-45-47-49-51-53-55-57-59-61-63-70(73)79-68(67-78-80(74,75)77-65-64-71(3,4)5)66-76-69(72)62-60-58-56-54-52-50-48-46-44-42-40-38-36-33-31-29-27-25-23-21-19-17-15-13-11-9-7-2/h8-11,14-17,20-23,26-29,32-34,36-37,39,43,45,68H,6-7,12-13,18-19,24-25,30-31,35,38,40-42,44,46-67H2,1-5H3/p+1/b10-8-,11-9-,16-14-,17-15-,22-20-,23-21-,28-26-,29-27-,34-32-,36-33-,39-37-,45-43-. The van der Waals surface area contributed by atoms with Crippen molar-refractivity contribution in [2.24, 2.45) is 0 Å². The Morgan fingerprint density at radius 1 is 0.388 bits per heavy atom. The van der Waals surface area contributed by atoms with E-state index in [1.807, 2.05) is 21.1 Å². The molecule has 10 heteroatoms. The molecule has 80 heavy (non-hydrogen) atoms. The molecular formula is C70H117NO8P+. The summed E-state index contributed by atoms with van der Waals surface area (Å²) >= 11 is 0. The number of nitrogens with zero attached hydrogens (tertiary/aromatic N) is 1. The van der Waals surface area contributed by atoms with Crippen LogP contribution in [0.4, 0.5) is 0 Å². The van der Waals surface area contributed by atoms with Crippen molar-refractivity contribution in [3.63, 3.8) is 0 Å². The number of hydrogen-bond donors (Lipinski definition) is 1. The molecule has 0 aliphatic carbocycles. The highest BCUT2D eigenvalue weighted by molar-refractivity contribution is 7.47. The fraction of sp³-hybridized carbons (Fsp3) is 0.629. The monoisotopic (exact) mass is 1130 g/mol. The molecule has 0 amide bonds. The van der Waals surface area contributed by atoms with Crippen LogP contribution in [0.5, 0.6) is 0 Å². The van der Waals surface area contributed by atoms with Crippen molar-refractivity contribution in [3.8, 4) is 0 Å². The number of esters is 2. The lowest BCUT2D eigenvalue weighted by Crippen LogP contribution is -2.37. The van der Waals surface area contributed by atoms with Gasteiger partial charge in [0.1, 0.15) is 19.8 Å². The quantitative estimate of drug-likeness (QED) is 0.0211. The van der Waals surface area contributed by atoms with E-state index in [9.17, 15) is 19.0 Å². The van der Waals surface area contributed by atoms with Crippen LogP contribution >= 0.6 is 7.82 Å². The van der Waals surface area contributed by atoms with E-state index in [-0.39, 0.29) is 32.0 Å². The summed E-state index contributed by atoms with van der Waals surface area (Å²) < 4.78 is 34.6. The van der Waals surface area contributed by atoms with Crippen LogP contribution in [0.3, 0.4) is 0 Å². The van der Waals surface area contributed by atoms with E-state index >= 15 is 0 Å². The molecule has 0 saturated heterocycles. The third kappa shape index (κ3) is 63.1. The number of hydrogen-bond acceptors (Lipinski definition) is 7. The molecule has 2 atom stereocenters. The van der Waals surface area contributed by atoms with E-state index in [1.165, 1.54) is 64.2 Å². The van der Waals surface area contributed by atoms with Crippen molar-refractivity contribution in [1.82, 2.24) is 0 Å². The van der Waals surface area contributed by atoms with Crippen molar-refractivity contribution >= 4 is 19.8 Å². The van der Waals surface area contributed by atoms with Crippen LogP contribution in [0, 0.1) is 0 Å². The lowest BCUT2D eigenvalue weighted by atomic mass is 10.0. The largest absolute Gasteiger partial charge is 0.472 e. The van der Waals surface area contributed by atoms with Crippen molar-refractivity contribution in [3.05, 3.63) is 146 Å². The van der Waals surface area contributed by atoms with Gasteiger partial charge in [0.15, 0.2) is 6.10 Å². The highest BCUT2D eigenvalue weighted by Crippen LogP contribution is 2.43. The molecule has 0 aliphatic heterocycles. The van der Waals surface area contributed by atoms with Gasteiger partial charge in [0.2, 0.25) is 0 Å². The molecule has 0 fully saturated rings. The summed E-state index contributed by atoms with van der Waals surface area (Å²) in [7, 11) is 1.45. The number of carbonyl (C=O) groups is 2. The van der Waals surface area contributed by atoms with E-state index < -0.39 is 26.5 Å². The fourth-order valence-corrected chi connectivity index (χ4v) is 8.82. The molecule has 0 aliphatic rings. The maximum absolute atomic E-state index is 12.9. The molecule has 9 nitrogen and oxygen atoms in total. The van der Waals surface area contributed by atoms with Gasteiger partial charge < -0.3 is 18.9 Å². The number of quaternary nitrogens is 1. The first-order valence-corrected chi connectivity index (χ1v) is 33.1. The highest BCUT2D eigenvalue weighted by atomic mass is 31.2. The molecular weight excluding hydrogens is 1010 g/mol. The Hall–Kier alpha value is -4.11. The van der Waals surface area contributed by atoms with Crippen LogP contribution in [-0.4, -0.2) is 74.9 Å². The summed E-state index contributed by atoms with van der Waals surface area (Å²) in [5.41, 5.74) is 0. The van der Waals surface area contributed by atoms with Crippen LogP contribution in [-0.2, 0) is 32.7 Å². The summed E-state index contributed by atoms with van der Waals surface area (Å²) in [4.78, 5) is 35.8. The van der Waals surface area contributed by atoms with Gasteiger partial charge in [-0.1, -0.05) is 250 Å². The number of ether oxygens (including phenoxy) is 2. The smallest absolute Gasteiger partial charge is 0.462 e. The van der Waals surface area contributed by atoms with Gasteiger partial charge in [-0.05, 0) is 116 Å². The second kappa shape index (κ2) is 59.5. The molecule has 0 rings (SSSR count). The van der Waals surface area contributed by atoms with Crippen LogP contribution in [0.15, 0.2) is 146 Å². The average molecular weight is 1130 g/mol. The second-order valence-corrected chi connectivity index (χ2v) is 23.1. The fourth-order valence-electron chi connectivity index (χ4n) is 8.08. The third-order valence-corrected chi connectivity index (χ3v) is 13.8. The van der Waals surface area contributed by atoms with Gasteiger partial charge in [0.25, 0.3) is 0 Å². The predicted molar refractivity (Wildman–Crippen MR) is 343 cm³/mol. The van der Waals surface area contributed by atoms with E-state index in [1.54, 1.807) is 0 Å². The van der Waals surface area contributed by atoms with Gasteiger partial charge in [-0.15, -0.1) is 0 Å². The number of allylic oxidation sites excluding steroid dienone is 24. The molecule has 0 aromatic heterocycles. The Morgan fingerprint density at radius 2 is 0.675 bits per heavy atom. The van der Waals surface area contributed by atoms with Gasteiger partial charge in [-0.3, -0.25) is 18.6 Å². The van der Waals surface area contributed by atoms with Gasteiger partial charge in [0, 0.05) is 12.8 Å². The van der Waals surface area contributed by atoms with Crippen LogP contribution in [0.2, 0.25) is 0 Å². The molecule has 0 heterocycles. The maximum atomic E-state index is 12.9. The minimum absolute atomic E-state index is 0.0208. The van der Waals surface area contributed by atoms with Crippen LogP contribution < -0.4 is 0 Å². The molecule has 1 N–H and O–H groups in total. The molecule has 0 aromatic rings. The highest BCUT2D eigenvalue weighted by Gasteiger charge is 2.27. The van der Waals surface area contributed by atoms with Crippen molar-refractivity contribution in [2.45, 2.75) is 238 Å². The Labute approximate surface area is 491 Å². The molecule has 0 saturated carbocycles. The second-order valence-electron chi connectivity index (χ2n) is 21.7. The zero-order valence-electron chi connectivity index (χ0n) is 51.5. The topological polar surface area (TPSA) is 108 Å². The number of phosphoric ester groups is 1. The molecule has 0 spiro atoms. The molecule has 0 aromatic carbocycles. The molecule has 0 bridgehead atoms. The molecule has 2 unspecified atom stereocenters. The third-order valence-electron chi connectivity index (χ3n) is 12.9. The van der Waals surface area contributed by atoms with Crippen LogP contribution in [0.25, 0.3) is 0 Å². The maximum Gasteiger partial charge on any atom is 0.472 e. The summed E-state index contributed by atoms with van der Waals surface area (Å²) in [5, 5.41) is 0. The number of likely N-dealkylation sites (N-methyl/N-ethyl adjacent to an activating group) is 1. The Morgan fingerprint density at radius 3 is 1.00 bits per heavy atom. The summed E-state index contributed by atoms with van der Waals surface area (Å²) in [5.74, 6) is -0.822. The molecule has 0 radical (unpaired) electrons. The van der Waals surface area contributed by atoms with E-state index in [0.29, 0.717) is 17.4 Å². The Bertz CT molecular complexity index is 1860. The van der Waals surface area contributed by atoms with Crippen molar-refractivity contribution < 1.29 is 42.1 Å². The first kappa shape index (κ1) is 75.9. The summed E-state index contributed by atoms with van der Waals surface area (Å²) in [6.07, 6.45) is 87.7. The number of rotatable bonds is 56. The van der Waals surface area contributed by atoms with Crippen molar-refractivity contribution in [2.75, 3.05) is 47.5 Å². The van der Waals surface area contributed by atoms with Gasteiger partial charge in [-0.25, -0.2) is 4.57 Å². The average Bonchev–Trinajstić information content (AvgIpc) is 3.42. The van der Waals surface area contributed by atoms with Gasteiger partial charge in [0.05, 0.1) is 27.7 Å². The van der Waals surface area contributed by atoms with E-state index in [2.05, 4.69) is 160 Å². The normalized spacial score (nSPS) is 14.2. The SMILES string of the molecule is CC/C=C\C/C=C\C/C=C\C/C=C\C/C=C\C/C=C\C/C=C\CCCCCCCCCC(=O)OC(COC(=O)CCCCCCCCCCCCC/C=C\C/C=C\C/C=C\C/C=C\C/C=C\CC)COP(=O)(O)OCC[N+](C)(C)C. The summed E-state index contributed by atoms with van der Waals surface area (Å²) in [6.45, 7) is 4.18. The number of carbonyl (C=O) groups excluding carboxylic acids is 2. The summed E-state index contributed by atoms with van der Waals surface area (Å²) in [6, 6.07) is 0. The van der Waals surface area contributed by atoms with E-state index in [0.717, 1.165) is 135 Å². The minimum atomic E-state index is -4.40. The van der Waals surface area contributed by atoms with Crippen LogP contribution in [0.1, 0.15) is 232 Å². The Balaban J connectivity index is 4.20. The van der Waals surface area contributed by atoms with Gasteiger partial charge >= 0.3 is 19.8 Å². The lowest BCUT2D eigenvalue weighted by Gasteiger charge is -2.24. The zero-order valence-corrected chi connectivity index (χ0v) is 52.4. The number of unbranched alkanes of at least 4 members (excludes halogenated alkanes) is 18. The number of phosphoric acid groups is 1. The van der Waals surface area contributed by atoms with Crippen molar-refractivity contribution in [1.29, 1.82) is 0 Å². The van der Waals surface area contributed by atoms with Gasteiger partial charge in [-0.2, -0.15) is 0 Å². The first-order valence-electron chi connectivity index (χ1n) is 31.6.